The van der Waals surface area contributed by atoms with Gasteiger partial charge in [-0.2, -0.15) is 0 Å². The Labute approximate surface area is 100.0 Å². The van der Waals surface area contributed by atoms with E-state index in [1.165, 1.54) is 0 Å². The molecule has 0 aromatic heterocycles. The molecule has 0 aromatic carbocycles. The Morgan fingerprint density at radius 3 is 1.00 bits per heavy atom. The Balaban J connectivity index is 0. The van der Waals surface area contributed by atoms with Crippen molar-refractivity contribution in [1.29, 1.82) is 0 Å². The van der Waals surface area contributed by atoms with E-state index in [1.54, 1.807) is 0 Å². The van der Waals surface area contributed by atoms with Crippen molar-refractivity contribution in [2.24, 2.45) is 0 Å². The van der Waals surface area contributed by atoms with Crippen LogP contribution < -0.4 is 0 Å². The van der Waals surface area contributed by atoms with E-state index in [0.717, 1.165) is 0 Å². The molecule has 0 fully saturated rings. The molecule has 5 heavy (non-hydrogen) atoms. The van der Waals surface area contributed by atoms with E-state index in [0.29, 0.717) is 0 Å². The van der Waals surface area contributed by atoms with Crippen LogP contribution in [0.1, 0.15) is 0 Å². The van der Waals surface area contributed by atoms with Crippen molar-refractivity contribution < 1.29 is 61.4 Å². The monoisotopic (exact) mass is 289 g/mol. The number of hydrogen-bond acceptors (Lipinski definition) is 0. The van der Waals surface area contributed by atoms with Crippen molar-refractivity contribution in [3.63, 3.8) is 0 Å². The average Bonchev–Trinajstić information content (AvgIpc) is 0. The van der Waals surface area contributed by atoms with Gasteiger partial charge in [-0.1, -0.05) is 0 Å². The van der Waals surface area contributed by atoms with E-state index in [9.17, 15) is 0 Å². The van der Waals surface area contributed by atoms with Crippen LogP contribution in [-0.2, 0) is 61.4 Å². The molecule has 0 nitrogen and oxygen atoms in total. The van der Waals surface area contributed by atoms with Gasteiger partial charge in [0.05, 0.1) is 0 Å². The molecule has 0 atom stereocenters. The van der Waals surface area contributed by atoms with Gasteiger partial charge in [-0.15, -0.1) is 0 Å². The van der Waals surface area contributed by atoms with Gasteiger partial charge >= 0.3 is 23.1 Å². The molecule has 0 bridgehead atoms. The van der Waals surface area contributed by atoms with Crippen LogP contribution in [-0.4, -0.2) is 40.4 Å². The van der Waals surface area contributed by atoms with Crippen molar-refractivity contribution in [3.05, 3.63) is 0 Å². The van der Waals surface area contributed by atoms with Crippen LogP contribution in [0.3, 0.4) is 0 Å². The first-order valence-corrected chi connectivity index (χ1v) is 0. The maximum Gasteiger partial charge on any atom is 0.316 e. The third kappa shape index (κ3) is 18.9. The minimum Gasteiger partial charge on any atom is 0 e. The van der Waals surface area contributed by atoms with E-state index in [4.69, 9.17) is 0 Å². The van der Waals surface area contributed by atoms with Gasteiger partial charge in [-0.05, 0) is 0 Å². The van der Waals surface area contributed by atoms with Crippen LogP contribution in [0.15, 0.2) is 0 Å². The summed E-state index contributed by atoms with van der Waals surface area (Å²) < 4.78 is 0. The molecular weight excluding hydrogens is 283 g/mol. The van der Waals surface area contributed by atoms with Crippen LogP contribution >= 0.6 is 0 Å². The summed E-state index contributed by atoms with van der Waals surface area (Å²) in [6.45, 7) is 0. The van der Waals surface area contributed by atoms with Gasteiger partial charge in [0, 0.05) is 61.4 Å². The molecule has 0 saturated carbocycles. The van der Waals surface area contributed by atoms with Crippen LogP contribution in [0.5, 0.6) is 0 Å². The van der Waals surface area contributed by atoms with Crippen molar-refractivity contribution >= 4 is 40.4 Å². The first-order chi connectivity index (χ1) is 0. The predicted molar refractivity (Wildman–Crippen MR) is 18.5 cm³/mol. The fourth-order valence-corrected chi connectivity index (χ4v) is 0. The Morgan fingerprint density at radius 2 is 1.00 bits per heavy atom. The minimum absolute atomic E-state index is 0. The van der Waals surface area contributed by atoms with Crippen molar-refractivity contribution in [2.45, 2.75) is 0 Å². The smallest absolute Gasteiger partial charge is 0 e. The van der Waals surface area contributed by atoms with Crippen molar-refractivity contribution in [1.82, 2.24) is 0 Å². The molecule has 0 aromatic rings. The van der Waals surface area contributed by atoms with Crippen LogP contribution in [0.2, 0.25) is 0 Å². The van der Waals surface area contributed by atoms with Crippen LogP contribution in [0.25, 0.3) is 0 Å². The number of hydrogen-bond donors (Lipinski definition) is 0. The Bertz CT molecular complexity index is 11.6. The van der Waals surface area contributed by atoms with Crippen LogP contribution in [0, 0.1) is 0 Å². The van der Waals surface area contributed by atoms with Gasteiger partial charge < -0.3 is 0 Å². The van der Waals surface area contributed by atoms with Gasteiger partial charge in [0.2, 0.25) is 0 Å². The quantitative estimate of drug-likeness (QED) is 0.448. The summed E-state index contributed by atoms with van der Waals surface area (Å²) in [4.78, 5) is 0. The molecule has 1 radical (unpaired) electrons. The predicted octanol–water partition coefficient (Wildman–Crippen LogP) is -2.11. The molecular formula is H5AlCdCuFeMg. The first kappa shape index (κ1) is 41.0. The minimum atomic E-state index is 0. The van der Waals surface area contributed by atoms with Gasteiger partial charge in [0.15, 0.2) is 17.4 Å². The summed E-state index contributed by atoms with van der Waals surface area (Å²) in [5.74, 6) is 0. The number of rotatable bonds is 0. The largest absolute Gasteiger partial charge is 0.316 e. The molecule has 31 valence electrons. The summed E-state index contributed by atoms with van der Waals surface area (Å²) in [6, 6.07) is 0. The maximum atomic E-state index is 0. The summed E-state index contributed by atoms with van der Waals surface area (Å²) in [5, 5.41) is 0. The third-order valence-corrected chi connectivity index (χ3v) is 0. The second-order valence-electron chi connectivity index (χ2n) is 0. The normalized spacial score (nSPS) is 0. The molecule has 0 unspecified atom stereocenters. The zero-order valence-corrected chi connectivity index (χ0v) is 7.44. The standard InChI is InChI=1S/Al.Cd.Cu.Fe.Mg.5H. The summed E-state index contributed by atoms with van der Waals surface area (Å²) in [5.41, 5.74) is 0. The van der Waals surface area contributed by atoms with E-state index >= 15 is 0 Å². The van der Waals surface area contributed by atoms with E-state index < -0.39 is 0 Å². The Hall–Kier alpha value is 3.26. The van der Waals surface area contributed by atoms with Gasteiger partial charge in [-0.25, -0.2) is 0 Å². The summed E-state index contributed by atoms with van der Waals surface area (Å²) in [7, 11) is 0. The molecule has 0 rings (SSSR count). The SMILES string of the molecule is [AlH3].[Cd].[Cu].[Fe].[MgH2]. The fourth-order valence-electron chi connectivity index (χ4n) is 0. The molecule has 0 aliphatic carbocycles. The maximum absolute atomic E-state index is 0. The van der Waals surface area contributed by atoms with Crippen LogP contribution in [0.4, 0.5) is 0 Å². The summed E-state index contributed by atoms with van der Waals surface area (Å²) >= 11 is 0. The fraction of sp³-hybridized carbons (Fsp3) is 0. The van der Waals surface area contributed by atoms with Gasteiger partial charge in [0.25, 0.3) is 0 Å². The Morgan fingerprint density at radius 1 is 1.00 bits per heavy atom. The second kappa shape index (κ2) is 26.8. The van der Waals surface area contributed by atoms with E-state index in [-0.39, 0.29) is 102 Å². The van der Waals surface area contributed by atoms with E-state index in [2.05, 4.69) is 0 Å². The Kier molecular flexibility index (Phi) is 219. The zero-order valence-electron chi connectivity index (χ0n) is 1.36. The molecule has 0 N–H and O–H groups in total. The average molecular weight is 288 g/mol. The van der Waals surface area contributed by atoms with Gasteiger partial charge in [0.1, 0.15) is 0 Å². The molecule has 0 aliphatic rings. The molecule has 0 amide bonds. The molecule has 0 saturated heterocycles. The summed E-state index contributed by atoms with van der Waals surface area (Å²) in [6.07, 6.45) is 0. The zero-order chi connectivity index (χ0) is 0. The van der Waals surface area contributed by atoms with Crippen molar-refractivity contribution in [3.8, 4) is 0 Å². The first-order valence-electron chi connectivity index (χ1n) is 0. The second-order valence-corrected chi connectivity index (χ2v) is 0. The van der Waals surface area contributed by atoms with Gasteiger partial charge in [-0.3, -0.25) is 0 Å². The van der Waals surface area contributed by atoms with Crippen molar-refractivity contribution in [2.75, 3.05) is 0 Å². The third-order valence-electron chi connectivity index (χ3n) is 0. The van der Waals surface area contributed by atoms with E-state index in [1.807, 2.05) is 0 Å². The molecule has 0 heterocycles. The topological polar surface area (TPSA) is 0 Å². The molecule has 5 heteroatoms. The molecule has 0 spiro atoms. The molecule has 0 aliphatic heterocycles.